The van der Waals surface area contributed by atoms with E-state index >= 15 is 0 Å². The Morgan fingerprint density at radius 1 is 1.24 bits per heavy atom. The molecule has 2 unspecified atom stereocenters. The molecule has 2 atom stereocenters. The third kappa shape index (κ3) is 2.98. The molecule has 0 bridgehead atoms. The van der Waals surface area contributed by atoms with Gasteiger partial charge in [0.1, 0.15) is 0 Å². The predicted octanol–water partition coefficient (Wildman–Crippen LogP) is 2.53. The predicted molar refractivity (Wildman–Crippen MR) is 82.8 cm³/mol. The maximum absolute atomic E-state index is 12.9. The van der Waals surface area contributed by atoms with Gasteiger partial charge in [-0.2, -0.15) is 0 Å². The molecule has 1 aliphatic carbocycles. The van der Waals surface area contributed by atoms with Gasteiger partial charge in [0.25, 0.3) is 0 Å². The Balaban J connectivity index is 1.73. The first-order valence-corrected chi connectivity index (χ1v) is 8.80. The van der Waals surface area contributed by atoms with E-state index in [9.17, 15) is 4.79 Å². The lowest BCUT2D eigenvalue weighted by molar-refractivity contribution is -0.134. The van der Waals surface area contributed by atoms with E-state index in [0.717, 1.165) is 39.0 Å². The van der Waals surface area contributed by atoms with Gasteiger partial charge in [-0.15, -0.1) is 0 Å². The number of ether oxygens (including phenoxy) is 1. The van der Waals surface area contributed by atoms with Gasteiger partial charge in [0, 0.05) is 19.8 Å². The Bertz CT molecular complexity index is 375. The summed E-state index contributed by atoms with van der Waals surface area (Å²) in [5, 5.41) is 3.69. The third-order valence-corrected chi connectivity index (χ3v) is 5.88. The fraction of sp³-hybridized carbons (Fsp3) is 0.941. The molecule has 0 spiro atoms. The molecule has 3 aliphatic rings. The highest BCUT2D eigenvalue weighted by molar-refractivity contribution is 5.88. The van der Waals surface area contributed by atoms with Crippen molar-refractivity contribution in [2.24, 2.45) is 11.8 Å². The van der Waals surface area contributed by atoms with Crippen LogP contribution >= 0.6 is 0 Å². The van der Waals surface area contributed by atoms with Crippen molar-refractivity contribution in [3.8, 4) is 0 Å². The summed E-state index contributed by atoms with van der Waals surface area (Å²) in [5.74, 6) is 1.60. The summed E-state index contributed by atoms with van der Waals surface area (Å²) in [6.07, 6.45) is 8.54. The van der Waals surface area contributed by atoms with E-state index in [4.69, 9.17) is 4.74 Å². The Kier molecular flexibility index (Phi) is 4.55. The first-order chi connectivity index (χ1) is 10.1. The summed E-state index contributed by atoms with van der Waals surface area (Å²) >= 11 is 0. The molecule has 120 valence electrons. The summed E-state index contributed by atoms with van der Waals surface area (Å²) in [6, 6.07) is 0. The molecule has 0 aromatic carbocycles. The average molecular weight is 294 g/mol. The van der Waals surface area contributed by atoms with Crippen LogP contribution in [0.25, 0.3) is 0 Å². The topological polar surface area (TPSA) is 41.6 Å². The van der Waals surface area contributed by atoms with Gasteiger partial charge in [0.2, 0.25) is 5.91 Å². The molecule has 2 aliphatic heterocycles. The van der Waals surface area contributed by atoms with Crippen molar-refractivity contribution in [2.45, 2.75) is 70.5 Å². The minimum absolute atomic E-state index is 0.271. The van der Waals surface area contributed by atoms with Crippen molar-refractivity contribution < 1.29 is 9.53 Å². The first kappa shape index (κ1) is 15.3. The highest BCUT2D eigenvalue weighted by atomic mass is 16.5. The number of hydrogen-bond donors (Lipinski definition) is 1. The van der Waals surface area contributed by atoms with Crippen LogP contribution in [-0.2, 0) is 9.53 Å². The van der Waals surface area contributed by atoms with Crippen molar-refractivity contribution >= 4 is 5.91 Å². The molecule has 0 aromatic rings. The third-order valence-electron chi connectivity index (χ3n) is 5.88. The number of nitrogens with zero attached hydrogens (tertiary/aromatic N) is 1. The standard InChI is InChI=1S/C17H30N2O2/c1-3-17(2)16(20)19(12-13-8-10-21-11-9-13)15(18-17)14-6-4-5-7-14/h13-15,18H,3-12H2,1-2H3. The van der Waals surface area contributed by atoms with Crippen LogP contribution in [0.2, 0.25) is 0 Å². The zero-order valence-electron chi connectivity index (χ0n) is 13.6. The fourth-order valence-corrected chi connectivity index (χ4v) is 4.21. The van der Waals surface area contributed by atoms with E-state index in [-0.39, 0.29) is 11.7 Å². The number of rotatable bonds is 4. The van der Waals surface area contributed by atoms with Crippen molar-refractivity contribution in [3.05, 3.63) is 0 Å². The number of carbonyl (C=O) groups is 1. The van der Waals surface area contributed by atoms with Crippen LogP contribution in [0.15, 0.2) is 0 Å². The Morgan fingerprint density at radius 3 is 2.52 bits per heavy atom. The maximum Gasteiger partial charge on any atom is 0.243 e. The Hall–Kier alpha value is -0.610. The summed E-state index contributed by atoms with van der Waals surface area (Å²) in [6.45, 7) is 6.85. The van der Waals surface area contributed by atoms with Crippen LogP contribution < -0.4 is 5.32 Å². The van der Waals surface area contributed by atoms with Crippen LogP contribution in [0.1, 0.15) is 58.8 Å². The lowest BCUT2D eigenvalue weighted by Crippen LogP contribution is -2.46. The van der Waals surface area contributed by atoms with E-state index < -0.39 is 0 Å². The molecule has 21 heavy (non-hydrogen) atoms. The molecule has 2 saturated heterocycles. The second kappa shape index (κ2) is 6.25. The molecule has 1 amide bonds. The monoisotopic (exact) mass is 294 g/mol. The van der Waals surface area contributed by atoms with Gasteiger partial charge in [0.05, 0.1) is 11.7 Å². The molecule has 1 N–H and O–H groups in total. The summed E-state index contributed by atoms with van der Waals surface area (Å²) in [7, 11) is 0. The SMILES string of the molecule is CCC1(C)NC(C2CCCC2)N(CC2CCOCC2)C1=O. The van der Waals surface area contributed by atoms with Crippen molar-refractivity contribution in [2.75, 3.05) is 19.8 Å². The smallest absolute Gasteiger partial charge is 0.243 e. The van der Waals surface area contributed by atoms with Crippen molar-refractivity contribution in [3.63, 3.8) is 0 Å². The number of carbonyl (C=O) groups excluding carboxylic acids is 1. The lowest BCUT2D eigenvalue weighted by atomic mass is 9.97. The Morgan fingerprint density at radius 2 is 1.90 bits per heavy atom. The van der Waals surface area contributed by atoms with E-state index in [1.165, 1.54) is 25.7 Å². The van der Waals surface area contributed by atoms with Crippen molar-refractivity contribution in [1.29, 1.82) is 0 Å². The van der Waals surface area contributed by atoms with Gasteiger partial charge >= 0.3 is 0 Å². The van der Waals surface area contributed by atoms with E-state index in [0.29, 0.717) is 17.7 Å². The zero-order chi connectivity index (χ0) is 14.9. The van der Waals surface area contributed by atoms with Gasteiger partial charge in [-0.25, -0.2) is 0 Å². The molecule has 4 nitrogen and oxygen atoms in total. The highest BCUT2D eigenvalue weighted by Crippen LogP contribution is 2.36. The molecule has 0 aromatic heterocycles. The molecule has 3 fully saturated rings. The van der Waals surface area contributed by atoms with Crippen LogP contribution in [0.5, 0.6) is 0 Å². The van der Waals surface area contributed by atoms with E-state index in [1.54, 1.807) is 0 Å². The fourth-order valence-electron chi connectivity index (χ4n) is 4.21. The lowest BCUT2D eigenvalue weighted by Gasteiger charge is -2.33. The second-order valence-corrected chi connectivity index (χ2v) is 7.33. The molecular weight excluding hydrogens is 264 g/mol. The van der Waals surface area contributed by atoms with Gasteiger partial charge in [-0.3, -0.25) is 10.1 Å². The first-order valence-electron chi connectivity index (χ1n) is 8.80. The normalized spacial score (nSPS) is 35.8. The van der Waals surface area contributed by atoms with Gasteiger partial charge in [0.15, 0.2) is 0 Å². The minimum Gasteiger partial charge on any atom is -0.381 e. The number of nitrogens with one attached hydrogen (secondary N) is 1. The second-order valence-electron chi connectivity index (χ2n) is 7.33. The van der Waals surface area contributed by atoms with Crippen molar-refractivity contribution in [1.82, 2.24) is 10.2 Å². The highest BCUT2D eigenvalue weighted by Gasteiger charge is 2.49. The molecule has 1 saturated carbocycles. The van der Waals surface area contributed by atoms with Crippen LogP contribution in [0.4, 0.5) is 0 Å². The summed E-state index contributed by atoms with van der Waals surface area (Å²) < 4.78 is 5.46. The number of amides is 1. The van der Waals surface area contributed by atoms with Gasteiger partial charge in [-0.05, 0) is 50.9 Å². The number of hydrogen-bond acceptors (Lipinski definition) is 3. The molecule has 0 radical (unpaired) electrons. The summed E-state index contributed by atoms with van der Waals surface area (Å²) in [5.41, 5.74) is -0.349. The average Bonchev–Trinajstić information content (AvgIpc) is 3.11. The molecule has 4 heteroatoms. The molecule has 3 rings (SSSR count). The molecular formula is C17H30N2O2. The Labute approximate surface area is 128 Å². The quantitative estimate of drug-likeness (QED) is 0.866. The van der Waals surface area contributed by atoms with Gasteiger partial charge in [-0.1, -0.05) is 19.8 Å². The minimum atomic E-state index is -0.349. The largest absolute Gasteiger partial charge is 0.381 e. The molecule has 2 heterocycles. The van der Waals surface area contributed by atoms with Crippen LogP contribution in [-0.4, -0.2) is 42.3 Å². The zero-order valence-corrected chi connectivity index (χ0v) is 13.6. The van der Waals surface area contributed by atoms with E-state index in [1.807, 2.05) is 0 Å². The van der Waals surface area contributed by atoms with Crippen LogP contribution in [0.3, 0.4) is 0 Å². The van der Waals surface area contributed by atoms with Gasteiger partial charge < -0.3 is 9.64 Å². The summed E-state index contributed by atoms with van der Waals surface area (Å²) in [4.78, 5) is 15.1. The van der Waals surface area contributed by atoms with E-state index in [2.05, 4.69) is 24.1 Å². The maximum atomic E-state index is 12.9. The van der Waals surface area contributed by atoms with Crippen LogP contribution in [0, 0.1) is 11.8 Å².